The van der Waals surface area contributed by atoms with Crippen molar-refractivity contribution < 1.29 is 4.79 Å². The largest absolute Gasteiger partial charge is 0.335 e. The number of likely N-dealkylation sites (tertiary alicyclic amines) is 1. The molecule has 1 aliphatic heterocycles. The third-order valence-electron chi connectivity index (χ3n) is 3.98. The van der Waals surface area contributed by atoms with Crippen LogP contribution in [0, 0.1) is 6.92 Å². The van der Waals surface area contributed by atoms with E-state index >= 15 is 0 Å². The highest BCUT2D eigenvalue weighted by Crippen LogP contribution is 2.19. The monoisotopic (exact) mass is 257 g/mol. The van der Waals surface area contributed by atoms with Crippen molar-refractivity contribution in [3.8, 4) is 0 Å². The van der Waals surface area contributed by atoms with E-state index in [1.165, 1.54) is 6.42 Å². The predicted octanol–water partition coefficient (Wildman–Crippen LogP) is 2.66. The zero-order valence-electron chi connectivity index (χ0n) is 11.5. The number of piperidine rings is 1. The van der Waals surface area contributed by atoms with Gasteiger partial charge in [0.1, 0.15) is 11.3 Å². The summed E-state index contributed by atoms with van der Waals surface area (Å²) in [5.74, 6) is 0.0651. The first-order chi connectivity index (χ1) is 9.16. The number of hydrogen-bond acceptors (Lipinski definition) is 2. The fourth-order valence-corrected chi connectivity index (χ4v) is 2.80. The van der Waals surface area contributed by atoms with Crippen LogP contribution in [0.1, 0.15) is 42.4 Å². The molecule has 0 aromatic carbocycles. The summed E-state index contributed by atoms with van der Waals surface area (Å²) in [5, 5.41) is 0. The van der Waals surface area contributed by atoms with Crippen LogP contribution >= 0.6 is 0 Å². The number of carbonyl (C=O) groups is 1. The molecule has 4 heteroatoms. The Morgan fingerprint density at radius 1 is 1.37 bits per heavy atom. The Hall–Kier alpha value is -1.84. The molecule has 0 bridgehead atoms. The van der Waals surface area contributed by atoms with E-state index in [1.54, 1.807) is 0 Å². The lowest BCUT2D eigenvalue weighted by molar-refractivity contribution is 0.0630. The maximum Gasteiger partial charge on any atom is 0.274 e. The summed E-state index contributed by atoms with van der Waals surface area (Å²) >= 11 is 0. The zero-order chi connectivity index (χ0) is 13.4. The normalized spacial score (nSPS) is 19.9. The van der Waals surface area contributed by atoms with E-state index in [0.29, 0.717) is 11.7 Å². The quantitative estimate of drug-likeness (QED) is 0.787. The van der Waals surface area contributed by atoms with Gasteiger partial charge in [0.25, 0.3) is 5.91 Å². The van der Waals surface area contributed by atoms with Gasteiger partial charge in [0.15, 0.2) is 0 Å². The Morgan fingerprint density at radius 2 is 2.21 bits per heavy atom. The Labute approximate surface area is 113 Å². The van der Waals surface area contributed by atoms with Gasteiger partial charge in [0.2, 0.25) is 0 Å². The van der Waals surface area contributed by atoms with Crippen LogP contribution in [0.25, 0.3) is 5.65 Å². The van der Waals surface area contributed by atoms with Gasteiger partial charge in [-0.3, -0.25) is 4.79 Å². The van der Waals surface area contributed by atoms with Crippen LogP contribution in [0.5, 0.6) is 0 Å². The molecule has 0 spiro atoms. The summed E-state index contributed by atoms with van der Waals surface area (Å²) in [6.07, 6.45) is 5.27. The first-order valence-electron chi connectivity index (χ1n) is 6.92. The molecular formula is C15H19N3O. The molecule has 0 radical (unpaired) electrons. The molecule has 2 aromatic heterocycles. The van der Waals surface area contributed by atoms with Crippen LogP contribution in [0.15, 0.2) is 24.4 Å². The van der Waals surface area contributed by atoms with Crippen LogP contribution in [0.4, 0.5) is 0 Å². The zero-order valence-corrected chi connectivity index (χ0v) is 11.5. The maximum atomic E-state index is 12.5. The van der Waals surface area contributed by atoms with Gasteiger partial charge in [-0.25, -0.2) is 4.98 Å². The fraction of sp³-hybridized carbons (Fsp3) is 0.467. The van der Waals surface area contributed by atoms with E-state index < -0.39 is 0 Å². The summed E-state index contributed by atoms with van der Waals surface area (Å²) in [4.78, 5) is 19.0. The van der Waals surface area contributed by atoms with Gasteiger partial charge in [-0.2, -0.15) is 0 Å². The Bertz CT molecular complexity index is 617. The molecular weight excluding hydrogens is 238 g/mol. The number of pyridine rings is 1. The van der Waals surface area contributed by atoms with Crippen molar-refractivity contribution in [2.75, 3.05) is 6.54 Å². The fourth-order valence-electron chi connectivity index (χ4n) is 2.80. The van der Waals surface area contributed by atoms with Crippen molar-refractivity contribution >= 4 is 11.6 Å². The molecule has 1 saturated heterocycles. The molecule has 0 saturated carbocycles. The second kappa shape index (κ2) is 4.68. The van der Waals surface area contributed by atoms with Crippen LogP contribution in [0.3, 0.4) is 0 Å². The van der Waals surface area contributed by atoms with Crippen molar-refractivity contribution in [1.29, 1.82) is 0 Å². The third kappa shape index (κ3) is 2.11. The van der Waals surface area contributed by atoms with Gasteiger partial charge in [-0.1, -0.05) is 6.07 Å². The molecule has 4 nitrogen and oxygen atoms in total. The number of rotatable bonds is 1. The van der Waals surface area contributed by atoms with Gasteiger partial charge >= 0.3 is 0 Å². The lowest BCUT2D eigenvalue weighted by Crippen LogP contribution is -2.42. The molecule has 1 atom stereocenters. The molecule has 1 aliphatic rings. The van der Waals surface area contributed by atoms with Gasteiger partial charge in [-0.05, 0) is 45.2 Å². The second-order valence-corrected chi connectivity index (χ2v) is 5.36. The molecule has 3 rings (SSSR count). The van der Waals surface area contributed by atoms with Crippen LogP contribution in [0.2, 0.25) is 0 Å². The van der Waals surface area contributed by atoms with Crippen molar-refractivity contribution in [3.63, 3.8) is 0 Å². The summed E-state index contributed by atoms with van der Waals surface area (Å²) in [6.45, 7) is 5.00. The molecule has 1 amide bonds. The average Bonchev–Trinajstić information content (AvgIpc) is 2.84. The number of imidazole rings is 1. The van der Waals surface area contributed by atoms with E-state index in [4.69, 9.17) is 0 Å². The smallest absolute Gasteiger partial charge is 0.274 e. The van der Waals surface area contributed by atoms with Gasteiger partial charge < -0.3 is 9.30 Å². The molecule has 100 valence electrons. The number of fused-ring (bicyclic) bond motifs is 1. The van der Waals surface area contributed by atoms with Gasteiger partial charge in [-0.15, -0.1) is 0 Å². The summed E-state index contributed by atoms with van der Waals surface area (Å²) < 4.78 is 1.97. The minimum absolute atomic E-state index is 0.0651. The van der Waals surface area contributed by atoms with E-state index in [2.05, 4.69) is 11.9 Å². The van der Waals surface area contributed by atoms with E-state index in [1.807, 2.05) is 40.6 Å². The SMILES string of the molecule is Cc1cccc2nc(C(=O)N3CCCCC3C)cn12. The summed E-state index contributed by atoms with van der Waals surface area (Å²) in [6, 6.07) is 6.25. The standard InChI is InChI=1S/C15H19N3O/c1-11-6-3-4-9-17(11)15(19)13-10-18-12(2)7-5-8-14(18)16-13/h5,7-8,10-11H,3-4,6,9H2,1-2H3. The molecule has 2 aromatic rings. The van der Waals surface area contributed by atoms with Gasteiger partial charge in [0.05, 0.1) is 0 Å². The Balaban J connectivity index is 1.95. The van der Waals surface area contributed by atoms with E-state index in [9.17, 15) is 4.79 Å². The van der Waals surface area contributed by atoms with Gasteiger partial charge in [0, 0.05) is 24.5 Å². The number of aryl methyl sites for hydroxylation is 1. The first-order valence-corrected chi connectivity index (χ1v) is 6.92. The number of aromatic nitrogens is 2. The highest BCUT2D eigenvalue weighted by molar-refractivity contribution is 5.93. The van der Waals surface area contributed by atoms with E-state index in [0.717, 1.165) is 30.7 Å². The maximum absolute atomic E-state index is 12.5. The average molecular weight is 257 g/mol. The highest BCUT2D eigenvalue weighted by Gasteiger charge is 2.25. The van der Waals surface area contributed by atoms with E-state index in [-0.39, 0.29) is 5.91 Å². The van der Waals surface area contributed by atoms with Crippen LogP contribution in [-0.4, -0.2) is 32.8 Å². The summed E-state index contributed by atoms with van der Waals surface area (Å²) in [5.41, 5.74) is 2.49. The molecule has 19 heavy (non-hydrogen) atoms. The van der Waals surface area contributed by atoms with Crippen molar-refractivity contribution in [2.24, 2.45) is 0 Å². The number of hydrogen-bond donors (Lipinski definition) is 0. The molecule has 0 N–H and O–H groups in total. The molecule has 1 unspecified atom stereocenters. The minimum Gasteiger partial charge on any atom is -0.335 e. The van der Waals surface area contributed by atoms with Crippen LogP contribution in [-0.2, 0) is 0 Å². The number of nitrogens with zero attached hydrogens (tertiary/aromatic N) is 3. The first kappa shape index (κ1) is 12.2. The molecule has 1 fully saturated rings. The van der Waals surface area contributed by atoms with Crippen molar-refractivity contribution in [2.45, 2.75) is 39.2 Å². The predicted molar refractivity (Wildman–Crippen MR) is 74.3 cm³/mol. The second-order valence-electron chi connectivity index (χ2n) is 5.36. The van der Waals surface area contributed by atoms with Crippen molar-refractivity contribution in [3.05, 3.63) is 35.8 Å². The topological polar surface area (TPSA) is 37.6 Å². The third-order valence-corrected chi connectivity index (χ3v) is 3.98. The molecule has 3 heterocycles. The lowest BCUT2D eigenvalue weighted by Gasteiger charge is -2.32. The molecule has 0 aliphatic carbocycles. The lowest BCUT2D eigenvalue weighted by atomic mass is 10.0. The Morgan fingerprint density at radius 3 is 2.95 bits per heavy atom. The Kier molecular flexibility index (Phi) is 3.01. The highest BCUT2D eigenvalue weighted by atomic mass is 16.2. The number of carbonyl (C=O) groups excluding carboxylic acids is 1. The minimum atomic E-state index is 0.0651. The van der Waals surface area contributed by atoms with Crippen molar-refractivity contribution in [1.82, 2.24) is 14.3 Å². The van der Waals surface area contributed by atoms with Crippen LogP contribution < -0.4 is 0 Å². The summed E-state index contributed by atoms with van der Waals surface area (Å²) in [7, 11) is 0. The number of amides is 1.